The lowest BCUT2D eigenvalue weighted by Crippen LogP contribution is -2.26. The zero-order chi connectivity index (χ0) is 14.7. The van der Waals surface area contributed by atoms with E-state index in [4.69, 9.17) is 0 Å². The summed E-state index contributed by atoms with van der Waals surface area (Å²) in [7, 11) is -3.51. The molecule has 0 amide bonds. The van der Waals surface area contributed by atoms with E-state index in [2.05, 4.69) is 19.7 Å². The molecule has 0 aliphatic heterocycles. The summed E-state index contributed by atoms with van der Waals surface area (Å²) in [4.78, 5) is 11.5. The fourth-order valence-electron chi connectivity index (χ4n) is 2.02. The molecule has 0 aliphatic rings. The van der Waals surface area contributed by atoms with Crippen LogP contribution in [0.15, 0.2) is 53.7 Å². The Kier molecular flexibility index (Phi) is 3.68. The number of aromatic amines is 1. The molecule has 3 aromatic rings. The van der Waals surface area contributed by atoms with Crippen molar-refractivity contribution in [1.82, 2.24) is 19.7 Å². The number of hydrogen-bond donors (Lipinski definition) is 2. The number of para-hydroxylation sites is 2. The summed E-state index contributed by atoms with van der Waals surface area (Å²) in [6, 6.07) is 10.8. The zero-order valence-electron chi connectivity index (χ0n) is 11.2. The second-order valence-electron chi connectivity index (χ2n) is 4.54. The van der Waals surface area contributed by atoms with Gasteiger partial charge < -0.3 is 4.98 Å². The highest BCUT2D eigenvalue weighted by atomic mass is 32.2. The molecular formula is C14H14N4O2S. The molecule has 0 fully saturated rings. The lowest BCUT2D eigenvalue weighted by atomic mass is 10.3. The predicted octanol–water partition coefficient (Wildman–Crippen LogP) is 1.48. The van der Waals surface area contributed by atoms with E-state index < -0.39 is 10.0 Å². The van der Waals surface area contributed by atoms with Crippen molar-refractivity contribution in [1.29, 1.82) is 0 Å². The number of hydrogen-bond acceptors (Lipinski definition) is 4. The number of nitrogens with zero attached hydrogens (tertiary/aromatic N) is 2. The van der Waals surface area contributed by atoms with Crippen molar-refractivity contribution in [3.8, 4) is 0 Å². The van der Waals surface area contributed by atoms with Crippen molar-refractivity contribution < 1.29 is 8.42 Å². The summed E-state index contributed by atoms with van der Waals surface area (Å²) < 4.78 is 26.6. The van der Waals surface area contributed by atoms with E-state index in [-0.39, 0.29) is 11.4 Å². The minimum atomic E-state index is -3.51. The fourth-order valence-corrected chi connectivity index (χ4v) is 3.01. The van der Waals surface area contributed by atoms with Crippen LogP contribution in [0.4, 0.5) is 0 Å². The lowest BCUT2D eigenvalue weighted by molar-refractivity contribution is 0.580. The van der Waals surface area contributed by atoms with Gasteiger partial charge in [0.2, 0.25) is 10.0 Å². The molecule has 0 saturated heterocycles. The first-order chi connectivity index (χ1) is 10.1. The van der Waals surface area contributed by atoms with Crippen LogP contribution in [0.25, 0.3) is 11.0 Å². The monoisotopic (exact) mass is 302 g/mol. The number of nitrogens with one attached hydrogen (secondary N) is 2. The minimum Gasteiger partial charge on any atom is -0.342 e. The molecule has 7 heteroatoms. The smallest absolute Gasteiger partial charge is 0.242 e. The largest absolute Gasteiger partial charge is 0.342 e. The van der Waals surface area contributed by atoms with Gasteiger partial charge in [-0.15, -0.1) is 0 Å². The Bertz CT molecular complexity index is 811. The number of sulfonamides is 1. The van der Waals surface area contributed by atoms with Crippen molar-refractivity contribution in [3.63, 3.8) is 0 Å². The van der Waals surface area contributed by atoms with Crippen LogP contribution in [-0.4, -0.2) is 29.9 Å². The van der Waals surface area contributed by atoms with E-state index in [1.165, 1.54) is 18.5 Å². The quantitative estimate of drug-likeness (QED) is 0.747. The van der Waals surface area contributed by atoms with Crippen LogP contribution >= 0.6 is 0 Å². The van der Waals surface area contributed by atoms with E-state index in [0.29, 0.717) is 6.42 Å². The van der Waals surface area contributed by atoms with Crippen molar-refractivity contribution in [2.24, 2.45) is 0 Å². The van der Waals surface area contributed by atoms with Crippen LogP contribution in [0, 0.1) is 0 Å². The van der Waals surface area contributed by atoms with Crippen LogP contribution in [0.5, 0.6) is 0 Å². The SMILES string of the molecule is O=S(=O)(NCCc1nc2ccccc2[nH]1)c1cccnc1. The number of pyridine rings is 1. The number of rotatable bonds is 5. The standard InChI is InChI=1S/C14H14N4O2S/c19-21(20,11-4-3-8-15-10-11)16-9-7-14-17-12-5-1-2-6-13(12)18-14/h1-6,8,10,16H,7,9H2,(H,17,18). The van der Waals surface area contributed by atoms with Gasteiger partial charge in [0.1, 0.15) is 10.7 Å². The van der Waals surface area contributed by atoms with Crippen LogP contribution in [0.3, 0.4) is 0 Å². The molecule has 3 rings (SSSR count). The third-order valence-electron chi connectivity index (χ3n) is 3.04. The molecule has 0 saturated carbocycles. The van der Waals surface area contributed by atoms with Gasteiger partial charge in [0, 0.05) is 25.4 Å². The summed E-state index contributed by atoms with van der Waals surface area (Å²) in [6.07, 6.45) is 3.35. The Morgan fingerprint density at radius 3 is 2.76 bits per heavy atom. The molecule has 0 spiro atoms. The number of benzene rings is 1. The van der Waals surface area contributed by atoms with Crippen LogP contribution in [0.2, 0.25) is 0 Å². The molecule has 0 atom stereocenters. The summed E-state index contributed by atoms with van der Waals surface area (Å²) in [5.41, 5.74) is 1.82. The molecule has 0 radical (unpaired) electrons. The summed E-state index contributed by atoms with van der Waals surface area (Å²) in [5, 5.41) is 0. The van der Waals surface area contributed by atoms with Crippen molar-refractivity contribution in [2.75, 3.05) is 6.54 Å². The highest BCUT2D eigenvalue weighted by molar-refractivity contribution is 7.89. The van der Waals surface area contributed by atoms with Crippen molar-refractivity contribution in [2.45, 2.75) is 11.3 Å². The normalized spacial score (nSPS) is 11.8. The van der Waals surface area contributed by atoms with Crippen molar-refractivity contribution in [3.05, 3.63) is 54.6 Å². The van der Waals surface area contributed by atoms with Crippen LogP contribution < -0.4 is 4.72 Å². The maximum absolute atomic E-state index is 12.0. The predicted molar refractivity (Wildman–Crippen MR) is 79.2 cm³/mol. The summed E-state index contributed by atoms with van der Waals surface area (Å²) >= 11 is 0. The second-order valence-corrected chi connectivity index (χ2v) is 6.30. The number of H-pyrrole nitrogens is 1. The molecule has 108 valence electrons. The van der Waals surface area contributed by atoms with Gasteiger partial charge in [0.25, 0.3) is 0 Å². The van der Waals surface area contributed by atoms with Gasteiger partial charge in [0.15, 0.2) is 0 Å². The molecule has 1 aromatic carbocycles. The average Bonchev–Trinajstić information content (AvgIpc) is 2.90. The second kappa shape index (κ2) is 5.63. The Hall–Kier alpha value is -2.25. The molecule has 6 nitrogen and oxygen atoms in total. The van der Waals surface area contributed by atoms with E-state index in [0.717, 1.165) is 16.9 Å². The molecule has 2 aromatic heterocycles. The molecule has 21 heavy (non-hydrogen) atoms. The number of fused-ring (bicyclic) bond motifs is 1. The lowest BCUT2D eigenvalue weighted by Gasteiger charge is -2.04. The first kappa shape index (κ1) is 13.7. The molecule has 2 N–H and O–H groups in total. The minimum absolute atomic E-state index is 0.162. The highest BCUT2D eigenvalue weighted by Crippen LogP contribution is 2.10. The van der Waals surface area contributed by atoms with Crippen LogP contribution in [-0.2, 0) is 16.4 Å². The third kappa shape index (κ3) is 3.09. The van der Waals surface area contributed by atoms with Gasteiger partial charge in [-0.25, -0.2) is 18.1 Å². The van der Waals surface area contributed by atoms with E-state index in [9.17, 15) is 8.42 Å². The van der Waals surface area contributed by atoms with Gasteiger partial charge in [-0.2, -0.15) is 0 Å². The first-order valence-electron chi connectivity index (χ1n) is 6.48. The number of imidazole rings is 1. The molecular weight excluding hydrogens is 288 g/mol. The van der Waals surface area contributed by atoms with E-state index >= 15 is 0 Å². The average molecular weight is 302 g/mol. The van der Waals surface area contributed by atoms with Gasteiger partial charge in [-0.05, 0) is 24.3 Å². The Morgan fingerprint density at radius 2 is 2.00 bits per heavy atom. The molecule has 0 bridgehead atoms. The van der Waals surface area contributed by atoms with Gasteiger partial charge in [0.05, 0.1) is 11.0 Å². The van der Waals surface area contributed by atoms with E-state index in [1.54, 1.807) is 6.07 Å². The molecule has 0 aliphatic carbocycles. The summed E-state index contributed by atoms with van der Waals surface area (Å²) in [5.74, 6) is 0.755. The zero-order valence-corrected chi connectivity index (χ0v) is 12.0. The topological polar surface area (TPSA) is 87.7 Å². The fraction of sp³-hybridized carbons (Fsp3) is 0.143. The maximum Gasteiger partial charge on any atom is 0.242 e. The third-order valence-corrected chi connectivity index (χ3v) is 4.48. The van der Waals surface area contributed by atoms with Gasteiger partial charge in [-0.3, -0.25) is 4.98 Å². The van der Waals surface area contributed by atoms with Crippen LogP contribution in [0.1, 0.15) is 5.82 Å². The molecule has 0 unspecified atom stereocenters. The Morgan fingerprint density at radius 1 is 1.14 bits per heavy atom. The number of aromatic nitrogens is 3. The van der Waals surface area contributed by atoms with E-state index in [1.807, 2.05) is 24.3 Å². The molecule has 2 heterocycles. The Labute approximate surface area is 122 Å². The summed E-state index contributed by atoms with van der Waals surface area (Å²) in [6.45, 7) is 0.275. The van der Waals surface area contributed by atoms with Gasteiger partial charge >= 0.3 is 0 Å². The van der Waals surface area contributed by atoms with Gasteiger partial charge in [-0.1, -0.05) is 12.1 Å². The Balaban J connectivity index is 1.66. The van der Waals surface area contributed by atoms with Crippen molar-refractivity contribution >= 4 is 21.1 Å². The maximum atomic E-state index is 12.0. The first-order valence-corrected chi connectivity index (χ1v) is 7.97. The highest BCUT2D eigenvalue weighted by Gasteiger charge is 2.13.